The Morgan fingerprint density at radius 2 is 2.21 bits per heavy atom. The van der Waals surface area contributed by atoms with Gasteiger partial charge < -0.3 is 10.0 Å². The van der Waals surface area contributed by atoms with Crippen LogP contribution in [0, 0.1) is 22.5 Å². The van der Waals surface area contributed by atoms with Crippen LogP contribution < -0.4 is 4.90 Å². The van der Waals surface area contributed by atoms with E-state index in [-0.39, 0.29) is 5.69 Å². The highest BCUT2D eigenvalue weighted by Gasteiger charge is 2.41. The molecule has 1 aromatic rings. The molecule has 0 aliphatic carbocycles. The van der Waals surface area contributed by atoms with Crippen molar-refractivity contribution in [1.29, 1.82) is 0 Å². The second-order valence-electron chi connectivity index (χ2n) is 5.27. The monoisotopic (exact) mass is 264 g/mol. The van der Waals surface area contributed by atoms with Crippen LogP contribution in [0.4, 0.5) is 11.4 Å². The molecule has 0 saturated carbocycles. The molecular weight excluding hydrogens is 248 g/mol. The van der Waals surface area contributed by atoms with E-state index in [4.69, 9.17) is 0 Å². The number of carboxylic acids is 1. The van der Waals surface area contributed by atoms with E-state index in [9.17, 15) is 20.0 Å². The number of nitro benzene ring substituents is 1. The molecule has 0 amide bonds. The zero-order chi connectivity index (χ0) is 14.2. The van der Waals surface area contributed by atoms with Crippen LogP contribution >= 0.6 is 0 Å². The van der Waals surface area contributed by atoms with E-state index in [0.717, 1.165) is 11.3 Å². The average molecular weight is 264 g/mol. The van der Waals surface area contributed by atoms with E-state index in [1.54, 1.807) is 13.0 Å². The maximum Gasteiger partial charge on any atom is 0.311 e. The number of aryl methyl sites for hydroxylation is 1. The van der Waals surface area contributed by atoms with E-state index >= 15 is 0 Å². The zero-order valence-corrected chi connectivity index (χ0v) is 10.9. The first-order valence-corrected chi connectivity index (χ1v) is 6.07. The van der Waals surface area contributed by atoms with E-state index in [0.29, 0.717) is 19.5 Å². The largest absolute Gasteiger partial charge is 0.481 e. The molecule has 1 unspecified atom stereocenters. The number of benzene rings is 1. The van der Waals surface area contributed by atoms with Gasteiger partial charge in [-0.2, -0.15) is 0 Å². The van der Waals surface area contributed by atoms with Gasteiger partial charge in [0.1, 0.15) is 0 Å². The molecule has 0 radical (unpaired) electrons. The molecule has 1 heterocycles. The first-order valence-electron chi connectivity index (χ1n) is 6.07. The Kier molecular flexibility index (Phi) is 3.18. The van der Waals surface area contributed by atoms with Crippen LogP contribution in [-0.2, 0) is 4.79 Å². The van der Waals surface area contributed by atoms with E-state index < -0.39 is 16.3 Å². The number of carboxylic acid groups (broad SMARTS) is 1. The normalized spacial score (nSPS) is 22.5. The number of carbonyl (C=O) groups is 1. The standard InChI is InChI=1S/C13H16N2O4/c1-9-3-4-10(15(18)19)7-11(9)14-6-5-13(2,8-14)12(16)17/h3-4,7H,5-6,8H2,1-2H3,(H,16,17). The van der Waals surface area contributed by atoms with Gasteiger partial charge >= 0.3 is 5.97 Å². The van der Waals surface area contributed by atoms with Crippen LogP contribution in [0.3, 0.4) is 0 Å². The quantitative estimate of drug-likeness (QED) is 0.668. The Morgan fingerprint density at radius 3 is 2.74 bits per heavy atom. The van der Waals surface area contributed by atoms with Crippen LogP contribution in [0.25, 0.3) is 0 Å². The Hall–Kier alpha value is -2.11. The molecule has 1 aliphatic heterocycles. The lowest BCUT2D eigenvalue weighted by molar-refractivity contribution is -0.384. The fourth-order valence-corrected chi connectivity index (χ4v) is 2.39. The maximum absolute atomic E-state index is 11.2. The topological polar surface area (TPSA) is 83.7 Å². The van der Waals surface area contributed by atoms with Crippen LogP contribution in [0.2, 0.25) is 0 Å². The lowest BCUT2D eigenvalue weighted by Gasteiger charge is -2.23. The molecule has 2 rings (SSSR count). The van der Waals surface area contributed by atoms with Gasteiger partial charge in [-0.15, -0.1) is 0 Å². The molecule has 6 nitrogen and oxygen atoms in total. The first kappa shape index (κ1) is 13.3. The summed E-state index contributed by atoms with van der Waals surface area (Å²) in [6.07, 6.45) is 0.546. The Balaban J connectivity index is 2.31. The Bertz CT molecular complexity index is 543. The molecular formula is C13H16N2O4. The van der Waals surface area contributed by atoms with Crippen LogP contribution in [0.15, 0.2) is 18.2 Å². The molecule has 0 aromatic heterocycles. The van der Waals surface area contributed by atoms with Crippen molar-refractivity contribution in [3.8, 4) is 0 Å². The Morgan fingerprint density at radius 1 is 1.53 bits per heavy atom. The molecule has 102 valence electrons. The summed E-state index contributed by atoms with van der Waals surface area (Å²) < 4.78 is 0. The highest BCUT2D eigenvalue weighted by Crippen LogP contribution is 2.36. The van der Waals surface area contributed by atoms with E-state index in [2.05, 4.69) is 0 Å². The summed E-state index contributed by atoms with van der Waals surface area (Å²) in [5.74, 6) is -0.821. The molecule has 19 heavy (non-hydrogen) atoms. The molecule has 1 aliphatic rings. The summed E-state index contributed by atoms with van der Waals surface area (Å²) in [5.41, 5.74) is 0.917. The van der Waals surface area contributed by atoms with Gasteiger partial charge in [-0.25, -0.2) is 0 Å². The minimum atomic E-state index is -0.821. The van der Waals surface area contributed by atoms with Gasteiger partial charge in [-0.05, 0) is 25.8 Å². The van der Waals surface area contributed by atoms with Crippen LogP contribution in [-0.4, -0.2) is 29.1 Å². The minimum Gasteiger partial charge on any atom is -0.481 e. The van der Waals surface area contributed by atoms with Crippen LogP contribution in [0.1, 0.15) is 18.9 Å². The minimum absolute atomic E-state index is 0.0320. The van der Waals surface area contributed by atoms with Crippen molar-refractivity contribution in [2.75, 3.05) is 18.0 Å². The second-order valence-corrected chi connectivity index (χ2v) is 5.27. The molecule has 0 bridgehead atoms. The van der Waals surface area contributed by atoms with Gasteiger partial charge in [0.05, 0.1) is 10.3 Å². The average Bonchev–Trinajstić information content (AvgIpc) is 2.73. The maximum atomic E-state index is 11.2. The van der Waals surface area contributed by atoms with Gasteiger partial charge in [0, 0.05) is 30.9 Å². The van der Waals surface area contributed by atoms with Crippen molar-refractivity contribution >= 4 is 17.3 Å². The highest BCUT2D eigenvalue weighted by atomic mass is 16.6. The molecule has 1 atom stereocenters. The zero-order valence-electron chi connectivity index (χ0n) is 10.9. The smallest absolute Gasteiger partial charge is 0.311 e. The van der Waals surface area contributed by atoms with Gasteiger partial charge in [0.25, 0.3) is 5.69 Å². The van der Waals surface area contributed by atoms with Crippen molar-refractivity contribution in [3.63, 3.8) is 0 Å². The fraction of sp³-hybridized carbons (Fsp3) is 0.462. The molecule has 6 heteroatoms. The van der Waals surface area contributed by atoms with Crippen molar-refractivity contribution in [2.24, 2.45) is 5.41 Å². The number of aliphatic carboxylic acids is 1. The summed E-state index contributed by atoms with van der Waals surface area (Å²) in [6.45, 7) is 4.56. The van der Waals surface area contributed by atoms with E-state index in [1.165, 1.54) is 12.1 Å². The fourth-order valence-electron chi connectivity index (χ4n) is 2.39. The van der Waals surface area contributed by atoms with Crippen LogP contribution in [0.5, 0.6) is 0 Å². The Labute approximate surface area is 110 Å². The van der Waals surface area contributed by atoms with E-state index in [1.807, 2.05) is 11.8 Å². The summed E-state index contributed by atoms with van der Waals surface area (Å²) in [6, 6.07) is 4.68. The summed E-state index contributed by atoms with van der Waals surface area (Å²) in [4.78, 5) is 23.5. The molecule has 1 saturated heterocycles. The molecule has 1 N–H and O–H groups in total. The summed E-state index contributed by atoms with van der Waals surface area (Å²) >= 11 is 0. The first-order chi connectivity index (χ1) is 8.83. The number of rotatable bonds is 3. The summed E-state index contributed by atoms with van der Waals surface area (Å²) in [5, 5.41) is 20.0. The lowest BCUT2D eigenvalue weighted by atomic mass is 9.90. The number of non-ortho nitro benzene ring substituents is 1. The second kappa shape index (κ2) is 4.53. The number of nitro groups is 1. The van der Waals surface area contributed by atoms with Crippen molar-refractivity contribution in [1.82, 2.24) is 0 Å². The number of hydrogen-bond acceptors (Lipinski definition) is 4. The third kappa shape index (κ3) is 2.38. The number of anilines is 1. The van der Waals surface area contributed by atoms with Gasteiger partial charge in [-0.3, -0.25) is 14.9 Å². The highest BCUT2D eigenvalue weighted by molar-refractivity contribution is 5.76. The molecule has 1 fully saturated rings. The van der Waals surface area contributed by atoms with Gasteiger partial charge in [-0.1, -0.05) is 6.07 Å². The predicted molar refractivity (Wildman–Crippen MR) is 70.4 cm³/mol. The van der Waals surface area contributed by atoms with Gasteiger partial charge in [0.2, 0.25) is 0 Å². The lowest BCUT2D eigenvalue weighted by Crippen LogP contribution is -2.31. The third-order valence-electron chi connectivity index (χ3n) is 3.73. The van der Waals surface area contributed by atoms with Crippen molar-refractivity contribution < 1.29 is 14.8 Å². The SMILES string of the molecule is Cc1ccc([N+](=O)[O-])cc1N1CCC(C)(C(=O)O)C1. The molecule has 0 spiro atoms. The predicted octanol–water partition coefficient (Wildman–Crippen LogP) is 2.20. The van der Waals surface area contributed by atoms with Gasteiger partial charge in [0.15, 0.2) is 0 Å². The number of hydrogen-bond donors (Lipinski definition) is 1. The van der Waals surface area contributed by atoms with Crippen molar-refractivity contribution in [3.05, 3.63) is 33.9 Å². The summed E-state index contributed by atoms with van der Waals surface area (Å²) in [7, 11) is 0. The van der Waals surface area contributed by atoms with Crippen molar-refractivity contribution in [2.45, 2.75) is 20.3 Å². The number of nitrogens with zero attached hydrogens (tertiary/aromatic N) is 2. The molecule has 1 aromatic carbocycles. The third-order valence-corrected chi connectivity index (χ3v) is 3.73.